The third-order valence-corrected chi connectivity index (χ3v) is 2.00. The summed E-state index contributed by atoms with van der Waals surface area (Å²) >= 11 is 0. The Morgan fingerprint density at radius 3 is 2.29 bits per heavy atom. The molecule has 0 aliphatic carbocycles. The highest BCUT2D eigenvalue weighted by Gasteiger charge is 2.16. The van der Waals surface area contributed by atoms with Crippen LogP contribution in [0.3, 0.4) is 0 Å². The molecule has 0 unspecified atom stereocenters. The maximum absolute atomic E-state index is 11.4. The second kappa shape index (κ2) is 5.08. The molecule has 17 heavy (non-hydrogen) atoms. The number of benzene rings is 1. The van der Waals surface area contributed by atoms with Crippen molar-refractivity contribution < 1.29 is 19.0 Å². The van der Waals surface area contributed by atoms with Crippen LogP contribution in [0.1, 0.15) is 31.1 Å². The molecule has 0 saturated heterocycles. The molecule has 94 valence electrons. The average Bonchev–Trinajstić information content (AvgIpc) is 2.25. The van der Waals surface area contributed by atoms with Gasteiger partial charge in [-0.05, 0) is 32.9 Å². The van der Waals surface area contributed by atoms with Crippen molar-refractivity contribution in [3.8, 4) is 11.5 Å². The molecule has 0 atom stereocenters. The molecule has 1 aromatic rings. The monoisotopic (exact) mass is 238 g/mol. The van der Waals surface area contributed by atoms with Crippen LogP contribution in [0.15, 0.2) is 18.2 Å². The Morgan fingerprint density at radius 1 is 1.18 bits per heavy atom. The van der Waals surface area contributed by atoms with Crippen molar-refractivity contribution in [1.82, 2.24) is 0 Å². The summed E-state index contributed by atoms with van der Waals surface area (Å²) in [5, 5.41) is 0. The van der Waals surface area contributed by atoms with Crippen molar-refractivity contribution in [3.05, 3.63) is 23.8 Å². The molecule has 0 aromatic heterocycles. The molecule has 0 radical (unpaired) electrons. The van der Waals surface area contributed by atoms with Crippen molar-refractivity contribution in [2.75, 3.05) is 14.2 Å². The van der Waals surface area contributed by atoms with E-state index in [0.29, 0.717) is 17.1 Å². The molecule has 0 heterocycles. The van der Waals surface area contributed by atoms with E-state index in [4.69, 9.17) is 9.47 Å². The van der Waals surface area contributed by atoms with Gasteiger partial charge in [-0.3, -0.25) is 0 Å². The Bertz CT molecular complexity index is 404. The number of esters is 1. The zero-order valence-corrected chi connectivity index (χ0v) is 10.9. The van der Waals surface area contributed by atoms with Crippen LogP contribution in [0.5, 0.6) is 11.5 Å². The summed E-state index contributed by atoms with van der Waals surface area (Å²) in [4.78, 5) is 11.4. The van der Waals surface area contributed by atoms with Gasteiger partial charge in [0.2, 0.25) is 0 Å². The largest absolute Gasteiger partial charge is 0.496 e. The summed E-state index contributed by atoms with van der Waals surface area (Å²) in [6, 6.07) is 5.03. The van der Waals surface area contributed by atoms with Gasteiger partial charge in [0.05, 0.1) is 14.2 Å². The normalized spacial score (nSPS) is 10.9. The van der Waals surface area contributed by atoms with E-state index in [2.05, 4.69) is 4.74 Å². The zero-order chi connectivity index (χ0) is 13.1. The highest BCUT2D eigenvalue weighted by molar-refractivity contribution is 5.92. The molecule has 0 spiro atoms. The van der Waals surface area contributed by atoms with Crippen LogP contribution in [0, 0.1) is 0 Å². The molecule has 0 saturated carbocycles. The van der Waals surface area contributed by atoms with Crippen molar-refractivity contribution in [1.29, 1.82) is 0 Å². The maximum atomic E-state index is 11.4. The molecule has 1 aromatic carbocycles. The van der Waals surface area contributed by atoms with Gasteiger partial charge in [0, 0.05) is 6.07 Å². The number of methoxy groups -OCH3 is 2. The van der Waals surface area contributed by atoms with Gasteiger partial charge in [0.1, 0.15) is 22.7 Å². The van der Waals surface area contributed by atoms with E-state index in [1.165, 1.54) is 14.2 Å². The molecule has 0 fully saturated rings. The first-order valence-corrected chi connectivity index (χ1v) is 5.33. The molecule has 1 rings (SSSR count). The Balaban J connectivity index is 3.04. The smallest absolute Gasteiger partial charge is 0.341 e. The van der Waals surface area contributed by atoms with Crippen LogP contribution in [0.4, 0.5) is 0 Å². The van der Waals surface area contributed by atoms with Crippen LogP contribution >= 0.6 is 0 Å². The standard InChI is InChI=1S/C13H18O4/c1-13(2,3)17-9-6-7-10(12(14)16-5)11(8-9)15-4/h6-8H,1-5H3. The fourth-order valence-electron chi connectivity index (χ4n) is 1.37. The Labute approximate surface area is 101 Å². The maximum Gasteiger partial charge on any atom is 0.341 e. The van der Waals surface area contributed by atoms with E-state index < -0.39 is 5.97 Å². The summed E-state index contributed by atoms with van der Waals surface area (Å²) in [6.45, 7) is 5.86. The number of hydrogen-bond acceptors (Lipinski definition) is 4. The number of rotatable bonds is 3. The number of carbonyl (C=O) groups excluding carboxylic acids is 1. The van der Waals surface area contributed by atoms with Crippen LogP contribution in [0.25, 0.3) is 0 Å². The van der Waals surface area contributed by atoms with Crippen molar-refractivity contribution in [3.63, 3.8) is 0 Å². The summed E-state index contributed by atoms with van der Waals surface area (Å²) in [5.41, 5.74) is 0.0916. The molecule has 0 aliphatic heterocycles. The first-order chi connectivity index (χ1) is 7.87. The molecule has 0 N–H and O–H groups in total. The highest BCUT2D eigenvalue weighted by Crippen LogP contribution is 2.27. The third-order valence-electron chi connectivity index (χ3n) is 2.00. The number of hydrogen-bond donors (Lipinski definition) is 0. The molecule has 4 heteroatoms. The Kier molecular flexibility index (Phi) is 3.99. The lowest BCUT2D eigenvalue weighted by Gasteiger charge is -2.21. The minimum absolute atomic E-state index is 0.294. The van der Waals surface area contributed by atoms with E-state index in [1.807, 2.05) is 20.8 Å². The van der Waals surface area contributed by atoms with E-state index in [1.54, 1.807) is 18.2 Å². The van der Waals surface area contributed by atoms with Crippen molar-refractivity contribution >= 4 is 5.97 Å². The van der Waals surface area contributed by atoms with Gasteiger partial charge >= 0.3 is 5.97 Å². The Hall–Kier alpha value is -1.71. The molecular formula is C13H18O4. The fraction of sp³-hybridized carbons (Fsp3) is 0.462. The van der Waals surface area contributed by atoms with Crippen LogP contribution < -0.4 is 9.47 Å². The second-order valence-electron chi connectivity index (χ2n) is 4.57. The van der Waals surface area contributed by atoms with Gasteiger partial charge < -0.3 is 14.2 Å². The van der Waals surface area contributed by atoms with Crippen LogP contribution in [-0.2, 0) is 4.74 Å². The van der Waals surface area contributed by atoms with Gasteiger partial charge in [-0.25, -0.2) is 4.79 Å². The van der Waals surface area contributed by atoms with E-state index in [9.17, 15) is 4.79 Å². The molecule has 0 bridgehead atoms. The van der Waals surface area contributed by atoms with E-state index >= 15 is 0 Å². The predicted molar refractivity (Wildman–Crippen MR) is 64.7 cm³/mol. The number of ether oxygens (including phenoxy) is 3. The highest BCUT2D eigenvalue weighted by atomic mass is 16.5. The minimum Gasteiger partial charge on any atom is -0.496 e. The topological polar surface area (TPSA) is 44.8 Å². The summed E-state index contributed by atoms with van der Waals surface area (Å²) in [6.07, 6.45) is 0. The molecule has 4 nitrogen and oxygen atoms in total. The van der Waals surface area contributed by atoms with Crippen LogP contribution in [0.2, 0.25) is 0 Å². The zero-order valence-electron chi connectivity index (χ0n) is 10.9. The quantitative estimate of drug-likeness (QED) is 0.759. The molecule has 0 amide bonds. The van der Waals surface area contributed by atoms with Gasteiger partial charge in [-0.2, -0.15) is 0 Å². The summed E-state index contributed by atoms with van der Waals surface area (Å²) in [7, 11) is 2.84. The van der Waals surface area contributed by atoms with E-state index in [0.717, 1.165) is 0 Å². The van der Waals surface area contributed by atoms with Gasteiger partial charge in [-0.1, -0.05) is 0 Å². The summed E-state index contributed by atoms with van der Waals surface area (Å²) < 4.78 is 15.5. The molecular weight excluding hydrogens is 220 g/mol. The first kappa shape index (κ1) is 13.4. The molecule has 0 aliphatic rings. The number of carbonyl (C=O) groups is 1. The lowest BCUT2D eigenvalue weighted by molar-refractivity contribution is 0.0597. The minimum atomic E-state index is -0.427. The second-order valence-corrected chi connectivity index (χ2v) is 4.57. The van der Waals surface area contributed by atoms with E-state index in [-0.39, 0.29) is 5.60 Å². The summed E-state index contributed by atoms with van der Waals surface area (Å²) in [5.74, 6) is 0.671. The van der Waals surface area contributed by atoms with Crippen LogP contribution in [-0.4, -0.2) is 25.8 Å². The lowest BCUT2D eigenvalue weighted by atomic mass is 10.1. The average molecular weight is 238 g/mol. The first-order valence-electron chi connectivity index (χ1n) is 5.33. The Morgan fingerprint density at radius 2 is 1.82 bits per heavy atom. The lowest BCUT2D eigenvalue weighted by Crippen LogP contribution is -2.23. The SMILES string of the molecule is COC(=O)c1ccc(OC(C)(C)C)cc1OC. The van der Waals surface area contributed by atoms with Crippen molar-refractivity contribution in [2.45, 2.75) is 26.4 Å². The van der Waals surface area contributed by atoms with Gasteiger partial charge in [0.15, 0.2) is 0 Å². The fourth-order valence-corrected chi connectivity index (χ4v) is 1.37. The van der Waals surface area contributed by atoms with Gasteiger partial charge in [0.25, 0.3) is 0 Å². The third kappa shape index (κ3) is 3.66. The van der Waals surface area contributed by atoms with Crippen molar-refractivity contribution in [2.24, 2.45) is 0 Å². The van der Waals surface area contributed by atoms with Gasteiger partial charge in [-0.15, -0.1) is 0 Å². The predicted octanol–water partition coefficient (Wildman–Crippen LogP) is 2.66.